The second-order valence-corrected chi connectivity index (χ2v) is 9.43. The van der Waals surface area contributed by atoms with Gasteiger partial charge in [-0.15, -0.1) is 11.3 Å². The summed E-state index contributed by atoms with van der Waals surface area (Å²) >= 11 is 1.69. The van der Waals surface area contributed by atoms with Crippen LogP contribution in [0.25, 0.3) is 0 Å². The number of nitrogens with zero attached hydrogens (tertiary/aromatic N) is 4. The quantitative estimate of drug-likeness (QED) is 0.633. The van der Waals surface area contributed by atoms with Crippen molar-refractivity contribution in [1.82, 2.24) is 14.9 Å². The molecule has 0 aliphatic carbocycles. The van der Waals surface area contributed by atoms with Crippen LogP contribution in [0, 0.1) is 20.8 Å². The minimum Gasteiger partial charge on any atom is -0.329 e. The molecule has 0 spiro atoms. The number of hydrogen-bond acceptors (Lipinski definition) is 5. The van der Waals surface area contributed by atoms with E-state index in [1.807, 2.05) is 31.0 Å². The first-order valence-corrected chi connectivity index (χ1v) is 11.1. The zero-order valence-electron chi connectivity index (χ0n) is 17.7. The first-order valence-electron chi connectivity index (χ1n) is 10.3. The van der Waals surface area contributed by atoms with Crippen molar-refractivity contribution in [3.8, 4) is 0 Å². The van der Waals surface area contributed by atoms with Gasteiger partial charge in [0.15, 0.2) is 0 Å². The number of pyridine rings is 1. The second-order valence-electron chi connectivity index (χ2n) is 8.20. The highest BCUT2D eigenvalue weighted by Crippen LogP contribution is 2.34. The molecule has 0 saturated heterocycles. The van der Waals surface area contributed by atoms with Gasteiger partial charge in [0.1, 0.15) is 5.01 Å². The molecule has 2 aliphatic rings. The maximum atomic E-state index is 13.0. The molecule has 1 aromatic carbocycles. The molecule has 6 heteroatoms. The summed E-state index contributed by atoms with van der Waals surface area (Å²) in [5.74, 6) is 0.171. The fourth-order valence-electron chi connectivity index (χ4n) is 4.29. The van der Waals surface area contributed by atoms with Gasteiger partial charge in [0.25, 0.3) is 0 Å². The van der Waals surface area contributed by atoms with E-state index in [0.29, 0.717) is 19.5 Å². The Morgan fingerprint density at radius 2 is 1.93 bits per heavy atom. The highest BCUT2D eigenvalue weighted by atomic mass is 32.1. The highest BCUT2D eigenvalue weighted by molar-refractivity contribution is 7.11. The topological polar surface area (TPSA) is 58.5 Å². The average molecular weight is 417 g/mol. The fraction of sp³-hybridized carbons (Fsp3) is 0.333. The number of amides is 1. The third-order valence-electron chi connectivity index (χ3n) is 6.13. The molecule has 0 radical (unpaired) electrons. The number of hydrogen-bond donors (Lipinski definition) is 0. The summed E-state index contributed by atoms with van der Waals surface area (Å²) in [4.78, 5) is 29.9. The Balaban J connectivity index is 1.48. The van der Waals surface area contributed by atoms with Crippen LogP contribution in [0.2, 0.25) is 0 Å². The third kappa shape index (κ3) is 3.16. The van der Waals surface area contributed by atoms with Gasteiger partial charge in [-0.1, -0.05) is 6.07 Å². The van der Waals surface area contributed by atoms with Gasteiger partial charge in [0.05, 0.1) is 30.4 Å². The van der Waals surface area contributed by atoms with Crippen LogP contribution in [0.15, 0.2) is 35.5 Å². The summed E-state index contributed by atoms with van der Waals surface area (Å²) in [6.45, 7) is 9.48. The minimum absolute atomic E-state index is 0.0210. The van der Waals surface area contributed by atoms with Crippen molar-refractivity contribution in [3.05, 3.63) is 79.6 Å². The van der Waals surface area contributed by atoms with Crippen LogP contribution >= 0.6 is 11.3 Å². The molecule has 1 atom stereocenters. The maximum Gasteiger partial charge on any atom is 0.227 e. The maximum absolute atomic E-state index is 13.0. The molecule has 30 heavy (non-hydrogen) atoms. The average Bonchev–Trinajstić information content (AvgIpc) is 3.28. The molecule has 4 heterocycles. The molecular formula is C24H24N4OS. The first kappa shape index (κ1) is 19.1. The van der Waals surface area contributed by atoms with Crippen molar-refractivity contribution in [1.29, 1.82) is 0 Å². The van der Waals surface area contributed by atoms with E-state index in [1.54, 1.807) is 11.3 Å². The van der Waals surface area contributed by atoms with Gasteiger partial charge in [-0.3, -0.25) is 14.8 Å². The van der Waals surface area contributed by atoms with Crippen molar-refractivity contribution >= 4 is 23.0 Å². The summed E-state index contributed by atoms with van der Waals surface area (Å²) in [6, 6.07) is 8.51. The number of thiazole rings is 1. The number of rotatable bonds is 3. The predicted molar refractivity (Wildman–Crippen MR) is 119 cm³/mol. The van der Waals surface area contributed by atoms with E-state index >= 15 is 0 Å². The number of carbonyl (C=O) groups is 1. The lowest BCUT2D eigenvalue weighted by atomic mass is 9.90. The van der Waals surface area contributed by atoms with Crippen LogP contribution in [0.3, 0.4) is 0 Å². The molecule has 0 N–H and O–H groups in total. The molecule has 2 aliphatic heterocycles. The Kier molecular flexibility index (Phi) is 4.54. The van der Waals surface area contributed by atoms with Gasteiger partial charge in [0.2, 0.25) is 5.91 Å². The lowest BCUT2D eigenvalue weighted by Gasteiger charge is -2.33. The molecular weight excluding hydrogens is 392 g/mol. The van der Waals surface area contributed by atoms with Crippen molar-refractivity contribution in [2.75, 3.05) is 0 Å². The zero-order valence-corrected chi connectivity index (χ0v) is 18.5. The third-order valence-corrected chi connectivity index (χ3v) is 7.37. The van der Waals surface area contributed by atoms with Crippen molar-refractivity contribution in [2.45, 2.75) is 53.2 Å². The standard InChI is InChI=1S/C24H24N4OS/c1-13-7-17(5-6-25-13)23-21-9-20-12-28(15(3)24-27-14(2)16(4)30-24)22(29)10-18(20)8-19(21)11-26-23/h5-9,15H,10-12H2,1-4H3. The van der Waals surface area contributed by atoms with Gasteiger partial charge in [-0.25, -0.2) is 4.98 Å². The van der Waals surface area contributed by atoms with Crippen molar-refractivity contribution < 1.29 is 4.79 Å². The molecule has 1 unspecified atom stereocenters. The van der Waals surface area contributed by atoms with Gasteiger partial charge in [-0.2, -0.15) is 0 Å². The fourth-order valence-corrected chi connectivity index (χ4v) is 5.28. The van der Waals surface area contributed by atoms with Gasteiger partial charge >= 0.3 is 0 Å². The largest absolute Gasteiger partial charge is 0.329 e. The normalized spacial score (nSPS) is 16.3. The smallest absolute Gasteiger partial charge is 0.227 e. The lowest BCUT2D eigenvalue weighted by Crippen LogP contribution is -2.38. The highest BCUT2D eigenvalue weighted by Gasteiger charge is 2.31. The van der Waals surface area contributed by atoms with Crippen LogP contribution in [-0.2, 0) is 24.3 Å². The van der Waals surface area contributed by atoms with Gasteiger partial charge in [0, 0.05) is 34.4 Å². The Morgan fingerprint density at radius 3 is 2.67 bits per heavy atom. The molecule has 0 fully saturated rings. The molecule has 5 nitrogen and oxygen atoms in total. The van der Waals surface area contributed by atoms with E-state index in [-0.39, 0.29) is 11.9 Å². The van der Waals surface area contributed by atoms with E-state index in [2.05, 4.69) is 37.0 Å². The molecule has 2 aromatic heterocycles. The molecule has 3 aromatic rings. The monoisotopic (exact) mass is 416 g/mol. The van der Waals surface area contributed by atoms with E-state index in [1.165, 1.54) is 21.6 Å². The Labute approximate surface area is 180 Å². The van der Waals surface area contributed by atoms with Crippen LogP contribution in [0.4, 0.5) is 0 Å². The van der Waals surface area contributed by atoms with Crippen molar-refractivity contribution in [3.63, 3.8) is 0 Å². The summed E-state index contributed by atoms with van der Waals surface area (Å²) in [7, 11) is 0. The number of benzene rings is 1. The van der Waals surface area contributed by atoms with Crippen LogP contribution in [0.5, 0.6) is 0 Å². The first-order chi connectivity index (χ1) is 14.4. The lowest BCUT2D eigenvalue weighted by molar-refractivity contribution is -0.134. The molecule has 0 saturated carbocycles. The zero-order chi connectivity index (χ0) is 21.0. The molecule has 152 valence electrons. The Morgan fingerprint density at radius 1 is 1.10 bits per heavy atom. The summed E-state index contributed by atoms with van der Waals surface area (Å²) in [5.41, 5.74) is 8.91. The van der Waals surface area contributed by atoms with E-state index in [9.17, 15) is 4.79 Å². The predicted octanol–water partition coefficient (Wildman–Crippen LogP) is 4.46. The summed E-state index contributed by atoms with van der Waals surface area (Å²) in [5, 5.41) is 1.01. The SMILES string of the molecule is Cc1cc(C2=NCc3cc4c(cc32)CN(C(C)c2nc(C)c(C)s2)C(=O)C4)ccn1. The van der Waals surface area contributed by atoms with Crippen LogP contribution in [-0.4, -0.2) is 26.5 Å². The molecule has 1 amide bonds. The minimum atomic E-state index is -0.0210. The number of aromatic nitrogens is 2. The van der Waals surface area contributed by atoms with Gasteiger partial charge in [-0.05, 0) is 62.6 Å². The Bertz CT molecular complexity index is 1190. The van der Waals surface area contributed by atoms with Crippen LogP contribution in [0.1, 0.15) is 62.1 Å². The van der Waals surface area contributed by atoms with E-state index < -0.39 is 0 Å². The number of aryl methyl sites for hydroxylation is 3. The number of aliphatic imine (C=N–C) groups is 1. The second kappa shape index (κ2) is 7.13. The molecule has 5 rings (SSSR count). The summed E-state index contributed by atoms with van der Waals surface area (Å²) < 4.78 is 0. The van der Waals surface area contributed by atoms with Gasteiger partial charge < -0.3 is 4.90 Å². The number of fused-ring (bicyclic) bond motifs is 2. The summed E-state index contributed by atoms with van der Waals surface area (Å²) in [6.07, 6.45) is 2.28. The van der Waals surface area contributed by atoms with E-state index in [0.717, 1.165) is 33.2 Å². The molecule has 0 bridgehead atoms. The van der Waals surface area contributed by atoms with Crippen molar-refractivity contribution in [2.24, 2.45) is 4.99 Å². The Hall–Kier alpha value is -2.86. The number of carbonyl (C=O) groups excluding carboxylic acids is 1. The van der Waals surface area contributed by atoms with E-state index in [4.69, 9.17) is 9.98 Å². The van der Waals surface area contributed by atoms with Crippen LogP contribution < -0.4 is 0 Å².